The molecule has 0 radical (unpaired) electrons. The molecule has 19 heavy (non-hydrogen) atoms. The summed E-state index contributed by atoms with van der Waals surface area (Å²) in [6, 6.07) is 1.65. The lowest BCUT2D eigenvalue weighted by molar-refractivity contribution is 0.0662. The van der Waals surface area contributed by atoms with Gasteiger partial charge in [0.15, 0.2) is 0 Å². The number of amides is 1. The molecule has 2 heterocycles. The second-order valence-corrected chi connectivity index (χ2v) is 4.94. The van der Waals surface area contributed by atoms with Crippen molar-refractivity contribution in [3.8, 4) is 0 Å². The number of aromatic nitrogens is 1. The average Bonchev–Trinajstić information content (AvgIpc) is 2.42. The Morgan fingerprint density at radius 2 is 2.05 bits per heavy atom. The highest BCUT2D eigenvalue weighted by Crippen LogP contribution is 2.17. The second kappa shape index (κ2) is 6.18. The van der Waals surface area contributed by atoms with Gasteiger partial charge in [0.25, 0.3) is 5.91 Å². The van der Waals surface area contributed by atoms with Crippen molar-refractivity contribution in [2.75, 3.05) is 45.6 Å². The van der Waals surface area contributed by atoms with Gasteiger partial charge in [0.05, 0.1) is 10.6 Å². The fourth-order valence-corrected chi connectivity index (χ4v) is 2.06. The first kappa shape index (κ1) is 14.0. The molecule has 0 spiro atoms. The van der Waals surface area contributed by atoms with Crippen LogP contribution in [0.1, 0.15) is 10.4 Å². The molecule has 0 aliphatic carbocycles. The standard InChI is InChI=1S/C12H18ClN5O/c1-14-11-7-9(10(13)8-15-11)12(19)16-18-5-3-17(2)4-6-18/h7-8H,3-6H2,1-2H3,(H,14,15)(H,16,19). The summed E-state index contributed by atoms with van der Waals surface area (Å²) < 4.78 is 0. The van der Waals surface area contributed by atoms with Gasteiger partial charge in [-0.3, -0.25) is 10.2 Å². The molecule has 0 unspecified atom stereocenters. The molecule has 1 aliphatic heterocycles. The summed E-state index contributed by atoms with van der Waals surface area (Å²) in [5, 5.41) is 5.16. The summed E-state index contributed by atoms with van der Waals surface area (Å²) in [5.74, 6) is 0.418. The normalized spacial score (nSPS) is 17.2. The maximum absolute atomic E-state index is 12.2. The van der Waals surface area contributed by atoms with E-state index >= 15 is 0 Å². The Morgan fingerprint density at radius 3 is 2.68 bits per heavy atom. The van der Waals surface area contributed by atoms with Crippen molar-refractivity contribution in [1.82, 2.24) is 20.3 Å². The summed E-state index contributed by atoms with van der Waals surface area (Å²) in [6.45, 7) is 3.49. The van der Waals surface area contributed by atoms with Gasteiger partial charge in [0.1, 0.15) is 5.82 Å². The van der Waals surface area contributed by atoms with Crippen molar-refractivity contribution < 1.29 is 4.79 Å². The summed E-state index contributed by atoms with van der Waals surface area (Å²) >= 11 is 6.01. The van der Waals surface area contributed by atoms with Crippen LogP contribution in [0.4, 0.5) is 5.82 Å². The number of hydrazine groups is 1. The lowest BCUT2D eigenvalue weighted by atomic mass is 10.2. The molecule has 0 bridgehead atoms. The summed E-state index contributed by atoms with van der Waals surface area (Å²) in [5.41, 5.74) is 3.31. The number of carbonyl (C=O) groups is 1. The molecule has 1 aliphatic rings. The van der Waals surface area contributed by atoms with Gasteiger partial charge in [0, 0.05) is 39.4 Å². The van der Waals surface area contributed by atoms with E-state index < -0.39 is 0 Å². The highest BCUT2D eigenvalue weighted by atomic mass is 35.5. The van der Waals surface area contributed by atoms with Crippen molar-refractivity contribution in [2.45, 2.75) is 0 Å². The van der Waals surface area contributed by atoms with Crippen molar-refractivity contribution in [2.24, 2.45) is 0 Å². The number of halogens is 1. The summed E-state index contributed by atoms with van der Waals surface area (Å²) in [7, 11) is 3.82. The predicted octanol–water partition coefficient (Wildman–Crippen LogP) is 0.669. The molecule has 1 fully saturated rings. The van der Waals surface area contributed by atoms with Crippen LogP contribution < -0.4 is 10.7 Å². The molecule has 6 nitrogen and oxygen atoms in total. The molecular formula is C12H18ClN5O. The largest absolute Gasteiger partial charge is 0.373 e. The first-order valence-corrected chi connectivity index (χ1v) is 6.55. The number of nitrogens with one attached hydrogen (secondary N) is 2. The second-order valence-electron chi connectivity index (χ2n) is 4.53. The molecule has 2 N–H and O–H groups in total. The van der Waals surface area contributed by atoms with E-state index in [1.54, 1.807) is 13.1 Å². The van der Waals surface area contributed by atoms with Crippen LogP contribution in [0, 0.1) is 0 Å². The number of anilines is 1. The SMILES string of the molecule is CNc1cc(C(=O)NN2CCN(C)CC2)c(Cl)cn1. The summed E-state index contributed by atoms with van der Waals surface area (Å²) in [4.78, 5) is 18.5. The minimum Gasteiger partial charge on any atom is -0.373 e. The molecule has 7 heteroatoms. The van der Waals surface area contributed by atoms with Gasteiger partial charge in [-0.25, -0.2) is 9.99 Å². The summed E-state index contributed by atoms with van der Waals surface area (Å²) in [6.07, 6.45) is 1.48. The Hall–Kier alpha value is -1.37. The smallest absolute Gasteiger partial charge is 0.267 e. The van der Waals surface area contributed by atoms with Gasteiger partial charge in [-0.05, 0) is 13.1 Å². The van der Waals surface area contributed by atoms with E-state index in [1.165, 1.54) is 6.20 Å². The third kappa shape index (κ3) is 3.56. The number of hydrogen-bond acceptors (Lipinski definition) is 5. The van der Waals surface area contributed by atoms with Crippen LogP contribution in [0.5, 0.6) is 0 Å². The van der Waals surface area contributed by atoms with E-state index in [1.807, 2.05) is 5.01 Å². The van der Waals surface area contributed by atoms with Gasteiger partial charge < -0.3 is 10.2 Å². The molecular weight excluding hydrogens is 266 g/mol. The maximum atomic E-state index is 12.2. The van der Waals surface area contributed by atoms with Crippen LogP contribution >= 0.6 is 11.6 Å². The maximum Gasteiger partial charge on any atom is 0.267 e. The van der Waals surface area contributed by atoms with Gasteiger partial charge in [-0.2, -0.15) is 0 Å². The highest BCUT2D eigenvalue weighted by Gasteiger charge is 2.18. The minimum atomic E-state index is -0.201. The average molecular weight is 284 g/mol. The van der Waals surface area contributed by atoms with Gasteiger partial charge in [-0.15, -0.1) is 0 Å². The zero-order chi connectivity index (χ0) is 13.8. The van der Waals surface area contributed by atoms with Crippen LogP contribution in [-0.4, -0.2) is 61.1 Å². The number of carbonyl (C=O) groups excluding carboxylic acids is 1. The molecule has 1 amide bonds. The van der Waals surface area contributed by atoms with Crippen molar-refractivity contribution >= 4 is 23.3 Å². The van der Waals surface area contributed by atoms with Gasteiger partial charge in [0.2, 0.25) is 0 Å². The Bertz CT molecular complexity index is 459. The molecule has 1 saturated heterocycles. The van der Waals surface area contributed by atoms with E-state index in [0.717, 1.165) is 26.2 Å². The van der Waals surface area contributed by atoms with Crippen LogP contribution in [0.3, 0.4) is 0 Å². The van der Waals surface area contributed by atoms with E-state index in [-0.39, 0.29) is 5.91 Å². The minimum absolute atomic E-state index is 0.201. The van der Waals surface area contributed by atoms with Crippen LogP contribution in [0.15, 0.2) is 12.3 Å². The fourth-order valence-electron chi connectivity index (χ4n) is 1.87. The van der Waals surface area contributed by atoms with E-state index in [2.05, 4.69) is 27.7 Å². The first-order chi connectivity index (χ1) is 9.10. The number of rotatable bonds is 3. The molecule has 104 valence electrons. The molecule has 1 aromatic rings. The third-order valence-corrected chi connectivity index (χ3v) is 3.42. The van der Waals surface area contributed by atoms with Gasteiger partial charge in [-0.1, -0.05) is 11.6 Å². The third-order valence-electron chi connectivity index (χ3n) is 3.12. The lowest BCUT2D eigenvalue weighted by Crippen LogP contribution is -2.52. The Kier molecular flexibility index (Phi) is 4.57. The first-order valence-electron chi connectivity index (χ1n) is 6.18. The quantitative estimate of drug-likeness (QED) is 0.854. The zero-order valence-electron chi connectivity index (χ0n) is 11.1. The van der Waals surface area contributed by atoms with Gasteiger partial charge >= 0.3 is 0 Å². The Morgan fingerprint density at radius 1 is 1.37 bits per heavy atom. The molecule has 0 saturated carbocycles. The van der Waals surface area contributed by atoms with E-state index in [9.17, 15) is 4.79 Å². The number of piperazine rings is 1. The molecule has 1 aromatic heterocycles. The van der Waals surface area contributed by atoms with Crippen LogP contribution in [0.2, 0.25) is 5.02 Å². The van der Waals surface area contributed by atoms with Crippen molar-refractivity contribution in [3.63, 3.8) is 0 Å². The molecule has 0 atom stereocenters. The number of likely N-dealkylation sites (N-methyl/N-ethyl adjacent to an activating group) is 1. The highest BCUT2D eigenvalue weighted by molar-refractivity contribution is 6.33. The Labute approximate surface area is 117 Å². The zero-order valence-corrected chi connectivity index (χ0v) is 11.9. The predicted molar refractivity (Wildman–Crippen MR) is 75.3 cm³/mol. The number of hydrogen-bond donors (Lipinski definition) is 2. The topological polar surface area (TPSA) is 60.5 Å². The molecule has 0 aromatic carbocycles. The lowest BCUT2D eigenvalue weighted by Gasteiger charge is -2.32. The van der Waals surface area contributed by atoms with Crippen LogP contribution in [-0.2, 0) is 0 Å². The number of nitrogens with zero attached hydrogens (tertiary/aromatic N) is 3. The van der Waals surface area contributed by atoms with Crippen LogP contribution in [0.25, 0.3) is 0 Å². The van der Waals surface area contributed by atoms with Crippen molar-refractivity contribution in [3.05, 3.63) is 22.8 Å². The fraction of sp³-hybridized carbons (Fsp3) is 0.500. The van der Waals surface area contributed by atoms with Crippen molar-refractivity contribution in [1.29, 1.82) is 0 Å². The number of pyridine rings is 1. The monoisotopic (exact) mass is 283 g/mol. The molecule has 2 rings (SSSR count). The van der Waals surface area contributed by atoms with E-state index in [4.69, 9.17) is 11.6 Å². The Balaban J connectivity index is 2.03. The van der Waals surface area contributed by atoms with E-state index in [0.29, 0.717) is 16.4 Å².